The number of hydrogen-bond donors (Lipinski definition) is 2. The van der Waals surface area contributed by atoms with Crippen molar-refractivity contribution in [3.8, 4) is 0 Å². The van der Waals surface area contributed by atoms with Crippen LogP contribution in [0, 0.1) is 0 Å². The van der Waals surface area contributed by atoms with E-state index in [-0.39, 0.29) is 12.3 Å². The van der Waals surface area contributed by atoms with Crippen LogP contribution in [0.5, 0.6) is 0 Å². The number of likely N-dealkylation sites (N-methyl/N-ethyl adjacent to an activating group) is 1. The summed E-state index contributed by atoms with van der Waals surface area (Å²) in [5.41, 5.74) is 6.28. The van der Waals surface area contributed by atoms with Crippen molar-refractivity contribution in [2.75, 3.05) is 11.4 Å². The summed E-state index contributed by atoms with van der Waals surface area (Å²) in [7, 11) is 0. The first-order chi connectivity index (χ1) is 8.06. The molecule has 1 aromatic rings. The monoisotopic (exact) mass is 236 g/mol. The summed E-state index contributed by atoms with van der Waals surface area (Å²) >= 11 is 0. The van der Waals surface area contributed by atoms with E-state index >= 15 is 0 Å². The van der Waals surface area contributed by atoms with E-state index in [2.05, 4.69) is 0 Å². The molecule has 1 atom stereocenters. The Kier molecular flexibility index (Phi) is 4.66. The SMILES string of the molecule is CCN(C(=O)C(N)CC(=O)O)c1ccccc1. The molecule has 1 unspecified atom stereocenters. The molecule has 5 nitrogen and oxygen atoms in total. The molecule has 1 aromatic carbocycles. The van der Waals surface area contributed by atoms with Crippen LogP contribution in [-0.2, 0) is 9.59 Å². The van der Waals surface area contributed by atoms with E-state index in [1.807, 2.05) is 25.1 Å². The van der Waals surface area contributed by atoms with Gasteiger partial charge in [0.1, 0.15) is 0 Å². The summed E-state index contributed by atoms with van der Waals surface area (Å²) in [5, 5.41) is 8.61. The molecule has 0 saturated carbocycles. The average molecular weight is 236 g/mol. The predicted octanol–water partition coefficient (Wildman–Crippen LogP) is 0.842. The van der Waals surface area contributed by atoms with Gasteiger partial charge in [-0.05, 0) is 19.1 Å². The molecule has 17 heavy (non-hydrogen) atoms. The quantitative estimate of drug-likeness (QED) is 0.793. The van der Waals surface area contributed by atoms with Gasteiger partial charge in [-0.3, -0.25) is 9.59 Å². The zero-order valence-corrected chi connectivity index (χ0v) is 9.67. The molecule has 1 amide bonds. The molecule has 0 radical (unpaired) electrons. The Morgan fingerprint density at radius 3 is 2.41 bits per heavy atom. The van der Waals surface area contributed by atoms with Crippen LogP contribution in [0.3, 0.4) is 0 Å². The second kappa shape index (κ2) is 6.00. The first kappa shape index (κ1) is 13.2. The van der Waals surface area contributed by atoms with Gasteiger partial charge in [0, 0.05) is 12.2 Å². The highest BCUT2D eigenvalue weighted by atomic mass is 16.4. The third kappa shape index (κ3) is 3.57. The van der Waals surface area contributed by atoms with E-state index in [1.165, 1.54) is 4.90 Å². The van der Waals surface area contributed by atoms with Crippen molar-refractivity contribution in [2.45, 2.75) is 19.4 Å². The van der Waals surface area contributed by atoms with Crippen molar-refractivity contribution < 1.29 is 14.7 Å². The lowest BCUT2D eigenvalue weighted by atomic mass is 10.1. The topological polar surface area (TPSA) is 83.6 Å². The normalized spacial score (nSPS) is 11.9. The number of amides is 1. The molecular formula is C12H16N2O3. The van der Waals surface area contributed by atoms with Crippen LogP contribution in [0.4, 0.5) is 5.69 Å². The van der Waals surface area contributed by atoms with Crippen molar-refractivity contribution in [2.24, 2.45) is 5.73 Å². The minimum atomic E-state index is -1.07. The third-order valence-corrected chi connectivity index (χ3v) is 2.36. The maximum atomic E-state index is 11.9. The molecule has 5 heteroatoms. The number of carbonyl (C=O) groups excluding carboxylic acids is 1. The summed E-state index contributed by atoms with van der Waals surface area (Å²) in [6.07, 6.45) is -0.359. The van der Waals surface area contributed by atoms with Crippen LogP contribution < -0.4 is 10.6 Å². The molecule has 0 spiro atoms. The molecule has 92 valence electrons. The van der Waals surface area contributed by atoms with Gasteiger partial charge in [-0.2, -0.15) is 0 Å². The molecule has 3 N–H and O–H groups in total. The lowest BCUT2D eigenvalue weighted by Crippen LogP contribution is -2.45. The number of carboxylic acids is 1. The number of nitrogens with two attached hydrogens (primary N) is 1. The van der Waals surface area contributed by atoms with E-state index in [9.17, 15) is 9.59 Å². The van der Waals surface area contributed by atoms with Gasteiger partial charge in [-0.15, -0.1) is 0 Å². The van der Waals surface area contributed by atoms with Gasteiger partial charge in [0.2, 0.25) is 5.91 Å². The zero-order valence-electron chi connectivity index (χ0n) is 9.67. The van der Waals surface area contributed by atoms with Crippen molar-refractivity contribution in [1.82, 2.24) is 0 Å². The molecule has 0 aliphatic rings. The predicted molar refractivity (Wildman–Crippen MR) is 64.7 cm³/mol. The second-order valence-electron chi connectivity index (χ2n) is 3.62. The molecular weight excluding hydrogens is 220 g/mol. The summed E-state index contributed by atoms with van der Waals surface area (Å²) in [5.74, 6) is -1.45. The maximum absolute atomic E-state index is 11.9. The van der Waals surface area contributed by atoms with Crippen molar-refractivity contribution in [3.63, 3.8) is 0 Å². The number of para-hydroxylation sites is 1. The molecule has 0 aliphatic heterocycles. The fourth-order valence-corrected chi connectivity index (χ4v) is 1.55. The molecule has 0 heterocycles. The van der Waals surface area contributed by atoms with Gasteiger partial charge in [0.25, 0.3) is 0 Å². The molecule has 0 fully saturated rings. The van der Waals surface area contributed by atoms with Gasteiger partial charge in [-0.1, -0.05) is 18.2 Å². The first-order valence-corrected chi connectivity index (χ1v) is 5.40. The van der Waals surface area contributed by atoms with Crippen LogP contribution in [0.15, 0.2) is 30.3 Å². The third-order valence-electron chi connectivity index (χ3n) is 2.36. The Labute approximate surface area is 99.8 Å². The number of carbonyl (C=O) groups is 2. The Morgan fingerprint density at radius 2 is 1.94 bits per heavy atom. The molecule has 0 bridgehead atoms. The maximum Gasteiger partial charge on any atom is 0.305 e. The highest BCUT2D eigenvalue weighted by Crippen LogP contribution is 2.14. The van der Waals surface area contributed by atoms with Gasteiger partial charge in [0.15, 0.2) is 0 Å². The van der Waals surface area contributed by atoms with Crippen LogP contribution in [-0.4, -0.2) is 29.6 Å². The number of benzene rings is 1. The smallest absolute Gasteiger partial charge is 0.305 e. The zero-order chi connectivity index (χ0) is 12.8. The fourth-order valence-electron chi connectivity index (χ4n) is 1.55. The first-order valence-electron chi connectivity index (χ1n) is 5.40. The van der Waals surface area contributed by atoms with E-state index in [0.717, 1.165) is 5.69 Å². The minimum absolute atomic E-state index is 0.359. The number of aliphatic carboxylic acids is 1. The van der Waals surface area contributed by atoms with E-state index < -0.39 is 12.0 Å². The summed E-state index contributed by atoms with van der Waals surface area (Å²) in [6, 6.07) is 8.04. The summed E-state index contributed by atoms with van der Waals surface area (Å²) in [6.45, 7) is 2.27. The lowest BCUT2D eigenvalue weighted by Gasteiger charge is -2.23. The Bertz CT molecular complexity index is 392. The Hall–Kier alpha value is -1.88. The molecule has 0 aliphatic carbocycles. The Balaban J connectivity index is 2.81. The van der Waals surface area contributed by atoms with Gasteiger partial charge < -0.3 is 15.7 Å². The molecule has 0 aromatic heterocycles. The number of carboxylic acid groups (broad SMARTS) is 1. The molecule has 1 rings (SSSR count). The summed E-state index contributed by atoms with van der Waals surface area (Å²) < 4.78 is 0. The van der Waals surface area contributed by atoms with Crippen molar-refractivity contribution >= 4 is 17.6 Å². The number of anilines is 1. The van der Waals surface area contributed by atoms with Crippen molar-refractivity contribution in [1.29, 1.82) is 0 Å². The second-order valence-corrected chi connectivity index (χ2v) is 3.62. The number of hydrogen-bond acceptors (Lipinski definition) is 3. The highest BCUT2D eigenvalue weighted by Gasteiger charge is 2.23. The minimum Gasteiger partial charge on any atom is -0.481 e. The lowest BCUT2D eigenvalue weighted by molar-refractivity contribution is -0.139. The molecule has 0 saturated heterocycles. The highest BCUT2D eigenvalue weighted by molar-refractivity contribution is 5.98. The van der Waals surface area contributed by atoms with Crippen LogP contribution >= 0.6 is 0 Å². The average Bonchev–Trinajstić information content (AvgIpc) is 2.30. The van der Waals surface area contributed by atoms with Gasteiger partial charge in [0.05, 0.1) is 12.5 Å². The van der Waals surface area contributed by atoms with Crippen LogP contribution in [0.1, 0.15) is 13.3 Å². The summed E-state index contributed by atoms with van der Waals surface area (Å²) in [4.78, 5) is 23.9. The Morgan fingerprint density at radius 1 is 1.35 bits per heavy atom. The van der Waals surface area contributed by atoms with Crippen LogP contribution in [0.25, 0.3) is 0 Å². The number of nitrogens with zero attached hydrogens (tertiary/aromatic N) is 1. The largest absolute Gasteiger partial charge is 0.481 e. The van der Waals surface area contributed by atoms with E-state index in [1.54, 1.807) is 12.1 Å². The van der Waals surface area contributed by atoms with Gasteiger partial charge >= 0.3 is 5.97 Å². The van der Waals surface area contributed by atoms with Gasteiger partial charge in [-0.25, -0.2) is 0 Å². The fraction of sp³-hybridized carbons (Fsp3) is 0.333. The van der Waals surface area contributed by atoms with Crippen molar-refractivity contribution in [3.05, 3.63) is 30.3 Å². The van der Waals surface area contributed by atoms with E-state index in [4.69, 9.17) is 10.8 Å². The van der Waals surface area contributed by atoms with E-state index in [0.29, 0.717) is 6.54 Å². The standard InChI is InChI=1S/C12H16N2O3/c1-2-14(9-6-4-3-5-7-9)12(17)10(13)8-11(15)16/h3-7,10H,2,8,13H2,1H3,(H,15,16). The van der Waals surface area contributed by atoms with Crippen LogP contribution in [0.2, 0.25) is 0 Å². The number of rotatable bonds is 5.